The van der Waals surface area contributed by atoms with Gasteiger partial charge in [-0.2, -0.15) is 0 Å². The number of hydrogen-bond donors (Lipinski definition) is 5. The molecule has 12 nitrogen and oxygen atoms in total. The van der Waals surface area contributed by atoms with E-state index in [0.717, 1.165) is 16.1 Å². The van der Waals surface area contributed by atoms with Crippen LogP contribution >= 0.6 is 11.3 Å². The molecule has 0 radical (unpaired) electrons. The number of aryl methyl sites for hydroxylation is 1. The van der Waals surface area contributed by atoms with Gasteiger partial charge in [0.2, 0.25) is 23.6 Å². The minimum Gasteiger partial charge on any atom is -0.492 e. The van der Waals surface area contributed by atoms with Gasteiger partial charge in [0, 0.05) is 18.8 Å². The maximum absolute atomic E-state index is 13.7. The molecule has 3 atom stereocenters. The van der Waals surface area contributed by atoms with Gasteiger partial charge in [-0.3, -0.25) is 24.0 Å². The fourth-order valence-corrected chi connectivity index (χ4v) is 6.33. The molecule has 13 heteroatoms. The van der Waals surface area contributed by atoms with Crippen molar-refractivity contribution in [3.05, 3.63) is 81.3 Å². The molecule has 1 spiro atoms. The van der Waals surface area contributed by atoms with Crippen LogP contribution in [0.2, 0.25) is 0 Å². The Kier molecular flexibility index (Phi) is 10.8. The van der Waals surface area contributed by atoms with Gasteiger partial charge >= 0.3 is 0 Å². The lowest BCUT2D eigenvalue weighted by molar-refractivity contribution is -0.134. The number of carbonyl (C=O) groups is 5. The Bertz CT molecular complexity index is 1650. The molecule has 254 valence electrons. The molecule has 0 unspecified atom stereocenters. The fraction of sp³-hybridized carbons (Fsp3) is 0.429. The van der Waals surface area contributed by atoms with Gasteiger partial charge in [-0.25, -0.2) is 4.98 Å². The molecule has 0 saturated heterocycles. The first-order valence-corrected chi connectivity index (χ1v) is 17.0. The van der Waals surface area contributed by atoms with Gasteiger partial charge < -0.3 is 31.3 Å². The van der Waals surface area contributed by atoms with Crippen LogP contribution in [0.1, 0.15) is 71.0 Å². The van der Waals surface area contributed by atoms with Crippen molar-refractivity contribution in [3.63, 3.8) is 0 Å². The number of thiazole rings is 1. The molecule has 1 aromatic heterocycles. The van der Waals surface area contributed by atoms with Gasteiger partial charge in [0.25, 0.3) is 5.91 Å². The molecule has 1 aliphatic carbocycles. The molecule has 48 heavy (non-hydrogen) atoms. The SMILES string of the molecule is Cc1nc(C(C)C)sc1C(=O)N[C@H]1Cc2ccc(cc2)OCCNC(=O)C2(CC2)NC(=O)[C@@H](Cc2ccccc2)NC(=O)[C@H](C)NC1=O. The summed E-state index contributed by atoms with van der Waals surface area (Å²) in [5, 5.41) is 14.9. The van der Waals surface area contributed by atoms with E-state index in [0.29, 0.717) is 29.2 Å². The van der Waals surface area contributed by atoms with E-state index in [9.17, 15) is 24.0 Å². The second kappa shape index (κ2) is 15.0. The number of carbonyl (C=O) groups excluding carboxylic acids is 5. The van der Waals surface area contributed by atoms with E-state index >= 15 is 0 Å². The third-order valence-electron chi connectivity index (χ3n) is 8.37. The van der Waals surface area contributed by atoms with Crippen molar-refractivity contribution < 1.29 is 28.7 Å². The molecular formula is C35H42N6O6S. The summed E-state index contributed by atoms with van der Waals surface area (Å²) in [6.07, 6.45) is 1.25. The number of nitrogens with zero attached hydrogens (tertiary/aromatic N) is 1. The highest BCUT2D eigenvalue weighted by Crippen LogP contribution is 2.35. The zero-order chi connectivity index (χ0) is 34.4. The van der Waals surface area contributed by atoms with Crippen LogP contribution in [0.15, 0.2) is 54.6 Å². The average Bonchev–Trinajstić information content (AvgIpc) is 3.74. The van der Waals surface area contributed by atoms with Crippen molar-refractivity contribution in [3.8, 4) is 5.75 Å². The number of aromatic nitrogens is 1. The summed E-state index contributed by atoms with van der Waals surface area (Å²) in [5.74, 6) is -1.69. The Balaban J connectivity index is 1.40. The third kappa shape index (κ3) is 8.57. The maximum Gasteiger partial charge on any atom is 0.263 e. The number of amides is 5. The molecule has 2 aromatic carbocycles. The van der Waals surface area contributed by atoms with Gasteiger partial charge in [-0.05, 0) is 49.9 Å². The molecule has 5 N–H and O–H groups in total. The molecule has 2 aliphatic heterocycles. The zero-order valence-corrected chi connectivity index (χ0v) is 28.4. The van der Waals surface area contributed by atoms with Crippen molar-refractivity contribution in [2.75, 3.05) is 13.2 Å². The van der Waals surface area contributed by atoms with Crippen LogP contribution in [0.25, 0.3) is 0 Å². The number of fused-ring (bicyclic) bond motifs is 15. The van der Waals surface area contributed by atoms with Crippen LogP contribution in [0.5, 0.6) is 5.75 Å². The van der Waals surface area contributed by atoms with Crippen LogP contribution in [-0.2, 0) is 32.0 Å². The van der Waals surface area contributed by atoms with Crippen LogP contribution in [0.3, 0.4) is 0 Å². The lowest BCUT2D eigenvalue weighted by Gasteiger charge is -2.25. The number of rotatable bonds is 5. The van der Waals surface area contributed by atoms with Crippen LogP contribution in [0, 0.1) is 6.92 Å². The Morgan fingerprint density at radius 2 is 1.71 bits per heavy atom. The standard InChI is InChI=1S/C35H42N6O6S/c1-20(2)33-38-21(3)28(48-33)32(45)40-26-19-24-10-12-25(13-11-24)47-17-16-36-34(46)35(14-15-35)41-31(44)27(18-23-8-6-5-7-9-23)39-29(42)22(4)37-30(26)43/h5-13,20,22,26-27H,14-19H2,1-4H3,(H,36,46)(H,37,43)(H,39,42)(H,40,45)(H,41,44)/t22-,26-,27+/m0/s1. The Morgan fingerprint density at radius 3 is 2.35 bits per heavy atom. The second-order valence-electron chi connectivity index (χ2n) is 12.7. The fourth-order valence-electron chi connectivity index (χ4n) is 5.36. The Hall–Kier alpha value is -4.78. The van der Waals surface area contributed by atoms with E-state index in [1.165, 1.54) is 18.3 Å². The molecule has 3 aliphatic rings. The van der Waals surface area contributed by atoms with Crippen molar-refractivity contribution >= 4 is 40.9 Å². The predicted molar refractivity (Wildman–Crippen MR) is 181 cm³/mol. The summed E-state index contributed by atoms with van der Waals surface area (Å²) < 4.78 is 5.81. The summed E-state index contributed by atoms with van der Waals surface area (Å²) in [6.45, 7) is 7.69. The van der Waals surface area contributed by atoms with Gasteiger partial charge in [-0.1, -0.05) is 56.3 Å². The quantitative estimate of drug-likeness (QED) is 0.259. The topological polar surface area (TPSA) is 168 Å². The third-order valence-corrected chi connectivity index (χ3v) is 9.83. The highest BCUT2D eigenvalue weighted by atomic mass is 32.1. The van der Waals surface area contributed by atoms with E-state index in [1.807, 2.05) is 44.2 Å². The second-order valence-corrected chi connectivity index (χ2v) is 13.7. The number of ether oxygens (including phenoxy) is 1. The smallest absolute Gasteiger partial charge is 0.263 e. The first-order chi connectivity index (χ1) is 22.9. The lowest BCUT2D eigenvalue weighted by Crippen LogP contribution is -2.59. The van der Waals surface area contributed by atoms with Crippen LogP contribution in [-0.4, -0.2) is 71.3 Å². The van der Waals surface area contributed by atoms with Gasteiger partial charge in [0.05, 0.1) is 17.2 Å². The van der Waals surface area contributed by atoms with Gasteiger partial charge in [-0.15, -0.1) is 11.3 Å². The number of hydrogen-bond acceptors (Lipinski definition) is 8. The van der Waals surface area contributed by atoms with E-state index in [-0.39, 0.29) is 37.8 Å². The van der Waals surface area contributed by atoms with Crippen molar-refractivity contribution in [1.29, 1.82) is 0 Å². The monoisotopic (exact) mass is 674 g/mol. The molecular weight excluding hydrogens is 632 g/mol. The summed E-state index contributed by atoms with van der Waals surface area (Å²) in [6, 6.07) is 13.2. The minimum atomic E-state index is -1.06. The first-order valence-electron chi connectivity index (χ1n) is 16.2. The van der Waals surface area contributed by atoms with E-state index < -0.39 is 47.3 Å². The average molecular weight is 675 g/mol. The first kappa shape index (κ1) is 34.6. The molecule has 5 amide bonds. The van der Waals surface area contributed by atoms with Crippen molar-refractivity contribution in [2.45, 2.75) is 83.0 Å². The Labute approximate surface area is 283 Å². The zero-order valence-electron chi connectivity index (χ0n) is 27.6. The molecule has 2 bridgehead atoms. The minimum absolute atomic E-state index is 0.137. The molecule has 3 heterocycles. The summed E-state index contributed by atoms with van der Waals surface area (Å²) >= 11 is 1.29. The number of nitrogens with one attached hydrogen (secondary N) is 5. The summed E-state index contributed by atoms with van der Waals surface area (Å²) in [4.78, 5) is 72.2. The van der Waals surface area contributed by atoms with Crippen molar-refractivity contribution in [1.82, 2.24) is 31.6 Å². The van der Waals surface area contributed by atoms with E-state index in [2.05, 4.69) is 31.6 Å². The van der Waals surface area contributed by atoms with Crippen molar-refractivity contribution in [2.24, 2.45) is 0 Å². The largest absolute Gasteiger partial charge is 0.492 e. The molecule has 1 fully saturated rings. The lowest BCUT2D eigenvalue weighted by atomic mass is 10.0. The normalized spacial score (nSPS) is 21.8. The molecule has 6 rings (SSSR count). The van der Waals surface area contributed by atoms with Crippen LogP contribution < -0.4 is 31.3 Å². The summed E-state index contributed by atoms with van der Waals surface area (Å²) in [7, 11) is 0. The summed E-state index contributed by atoms with van der Waals surface area (Å²) in [5.41, 5.74) is 1.08. The van der Waals surface area contributed by atoms with E-state index in [1.54, 1.807) is 31.2 Å². The van der Waals surface area contributed by atoms with E-state index in [4.69, 9.17) is 4.74 Å². The molecule has 1 saturated carbocycles. The van der Waals surface area contributed by atoms with Gasteiger partial charge in [0.1, 0.15) is 40.9 Å². The molecule has 3 aromatic rings. The maximum atomic E-state index is 13.7. The van der Waals surface area contributed by atoms with Gasteiger partial charge in [0.15, 0.2) is 0 Å². The highest BCUT2D eigenvalue weighted by molar-refractivity contribution is 7.13. The van der Waals surface area contributed by atoms with Crippen LogP contribution in [0.4, 0.5) is 0 Å². The Morgan fingerprint density at radius 1 is 1.00 bits per heavy atom. The highest BCUT2D eigenvalue weighted by Gasteiger charge is 2.51. The predicted octanol–water partition coefficient (Wildman–Crippen LogP) is 2.31. The number of benzene rings is 2.